The van der Waals surface area contributed by atoms with Gasteiger partial charge in [0.05, 0.1) is 38.2 Å². The SMILES string of the molecule is C[C@@H](C(=O)N[C@H](C(=O)N1CCC[C@H]1c1nc(C(=O)c2cccc(OCCOCCOCCNC(=O)c3cccc(-c4cc(Nc5ccc(OC(F)(F)F)cc5)ncn4)c3)c2)cs1)C1CCCCC1)N(C)C(=O)OC(C)(C)C. The number of amides is 4. The Morgan fingerprint density at radius 3 is 2.27 bits per heavy atom. The summed E-state index contributed by atoms with van der Waals surface area (Å²) in [6.45, 7) is 8.89. The van der Waals surface area contributed by atoms with Crippen LogP contribution in [0.25, 0.3) is 11.3 Å². The number of rotatable bonds is 23. The van der Waals surface area contributed by atoms with E-state index in [-0.39, 0.29) is 80.6 Å². The second-order valence-electron chi connectivity index (χ2n) is 19.7. The number of aromatic nitrogens is 3. The number of thiazole rings is 1. The van der Waals surface area contributed by atoms with Crippen LogP contribution < -0.4 is 25.4 Å². The van der Waals surface area contributed by atoms with E-state index in [1.165, 1.54) is 53.9 Å². The third kappa shape index (κ3) is 16.9. The van der Waals surface area contributed by atoms with Gasteiger partial charge < -0.3 is 44.5 Å². The number of benzene rings is 3. The number of nitrogens with one attached hydrogen (secondary N) is 3. The Hall–Kier alpha value is -7.17. The van der Waals surface area contributed by atoms with E-state index in [9.17, 15) is 37.1 Å². The number of ether oxygens (including phenoxy) is 5. The zero-order valence-corrected chi connectivity index (χ0v) is 44.5. The molecular formula is C55H65F3N8O10S. The summed E-state index contributed by atoms with van der Waals surface area (Å²) in [7, 11) is 1.51. The van der Waals surface area contributed by atoms with Crippen LogP contribution in [-0.4, -0.2) is 132 Å². The number of hydrogen-bond donors (Lipinski definition) is 3. The zero-order chi connectivity index (χ0) is 55.1. The fraction of sp³-hybridized carbons (Fsp3) is 0.455. The molecule has 0 spiro atoms. The molecule has 7 rings (SSSR count). The summed E-state index contributed by atoms with van der Waals surface area (Å²) in [5.74, 6) is -0.751. The van der Waals surface area contributed by atoms with Gasteiger partial charge in [-0.3, -0.25) is 24.1 Å². The molecule has 3 heterocycles. The molecule has 3 N–H and O–H groups in total. The molecule has 2 fully saturated rings. The van der Waals surface area contributed by atoms with Gasteiger partial charge in [0, 0.05) is 54.0 Å². The lowest BCUT2D eigenvalue weighted by Gasteiger charge is -2.36. The molecule has 1 aliphatic carbocycles. The van der Waals surface area contributed by atoms with Crippen LogP contribution in [0.4, 0.5) is 29.5 Å². The van der Waals surface area contributed by atoms with Crippen molar-refractivity contribution in [2.75, 3.05) is 58.5 Å². The minimum absolute atomic E-state index is 0.0533. The van der Waals surface area contributed by atoms with E-state index in [1.807, 2.05) is 0 Å². The molecule has 22 heteroatoms. The van der Waals surface area contributed by atoms with Crippen LogP contribution >= 0.6 is 11.3 Å². The average Bonchev–Trinajstić information content (AvgIpc) is 4.13. The maximum Gasteiger partial charge on any atom is 0.573 e. The van der Waals surface area contributed by atoms with E-state index in [0.717, 1.165) is 38.5 Å². The highest BCUT2D eigenvalue weighted by Gasteiger charge is 2.41. The van der Waals surface area contributed by atoms with Gasteiger partial charge in [0.25, 0.3) is 5.91 Å². The minimum atomic E-state index is -4.79. The van der Waals surface area contributed by atoms with E-state index in [0.29, 0.717) is 57.6 Å². The van der Waals surface area contributed by atoms with Gasteiger partial charge >= 0.3 is 12.5 Å². The van der Waals surface area contributed by atoms with Crippen molar-refractivity contribution < 1.29 is 60.8 Å². The highest BCUT2D eigenvalue weighted by Crippen LogP contribution is 2.37. The lowest BCUT2D eigenvalue weighted by atomic mass is 9.83. The van der Waals surface area contributed by atoms with Crippen LogP contribution in [0.2, 0.25) is 0 Å². The number of carbonyl (C=O) groups excluding carboxylic acids is 5. The van der Waals surface area contributed by atoms with Crippen molar-refractivity contribution in [2.45, 2.75) is 103 Å². The first-order valence-electron chi connectivity index (χ1n) is 25.6. The summed E-state index contributed by atoms with van der Waals surface area (Å²) in [6, 6.07) is 18.5. The highest BCUT2D eigenvalue weighted by atomic mass is 32.1. The quantitative estimate of drug-likeness (QED) is 0.0411. The van der Waals surface area contributed by atoms with Crippen molar-refractivity contribution in [1.29, 1.82) is 0 Å². The normalized spacial score (nSPS) is 15.7. The highest BCUT2D eigenvalue weighted by molar-refractivity contribution is 7.10. The molecular weight excluding hydrogens is 1020 g/mol. The zero-order valence-electron chi connectivity index (χ0n) is 43.7. The van der Waals surface area contributed by atoms with Gasteiger partial charge in [-0.25, -0.2) is 19.7 Å². The first-order valence-corrected chi connectivity index (χ1v) is 26.5. The Balaban J connectivity index is 0.815. The molecule has 3 aromatic carbocycles. The van der Waals surface area contributed by atoms with Crippen molar-refractivity contribution in [3.63, 3.8) is 0 Å². The van der Waals surface area contributed by atoms with Gasteiger partial charge in [0.15, 0.2) is 0 Å². The third-order valence-electron chi connectivity index (χ3n) is 12.8. The van der Waals surface area contributed by atoms with Gasteiger partial charge in [0.1, 0.15) is 58.6 Å². The van der Waals surface area contributed by atoms with E-state index in [2.05, 4.69) is 30.7 Å². The topological polar surface area (TPSA) is 213 Å². The summed E-state index contributed by atoms with van der Waals surface area (Å²) in [5.41, 5.74) is 1.95. The van der Waals surface area contributed by atoms with Crippen LogP contribution in [0, 0.1) is 5.92 Å². The first-order chi connectivity index (χ1) is 36.8. The molecule has 0 radical (unpaired) electrons. The lowest BCUT2D eigenvalue weighted by Crippen LogP contribution is -2.56. The van der Waals surface area contributed by atoms with Crippen molar-refractivity contribution >= 4 is 52.4 Å². The summed E-state index contributed by atoms with van der Waals surface area (Å²) >= 11 is 1.33. The predicted molar refractivity (Wildman–Crippen MR) is 281 cm³/mol. The molecule has 77 heavy (non-hydrogen) atoms. The Morgan fingerprint density at radius 2 is 1.53 bits per heavy atom. The van der Waals surface area contributed by atoms with E-state index < -0.39 is 36.0 Å². The molecule has 2 aliphatic rings. The summed E-state index contributed by atoms with van der Waals surface area (Å²) in [5, 5.41) is 11.2. The second-order valence-corrected chi connectivity index (χ2v) is 20.6. The molecule has 0 bridgehead atoms. The van der Waals surface area contributed by atoms with Crippen molar-refractivity contribution in [2.24, 2.45) is 5.92 Å². The van der Waals surface area contributed by atoms with Crippen molar-refractivity contribution in [3.8, 4) is 22.8 Å². The first kappa shape index (κ1) is 57.5. The van der Waals surface area contributed by atoms with Crippen LogP contribution in [0.5, 0.6) is 11.5 Å². The van der Waals surface area contributed by atoms with Gasteiger partial charge in [0.2, 0.25) is 17.6 Å². The van der Waals surface area contributed by atoms with Crippen molar-refractivity contribution in [1.82, 2.24) is 35.4 Å². The van der Waals surface area contributed by atoms with Crippen LogP contribution in [-0.2, 0) is 23.8 Å². The molecule has 2 aromatic heterocycles. The lowest BCUT2D eigenvalue weighted by molar-refractivity contribution is -0.274. The molecule has 1 saturated carbocycles. The number of hydrogen-bond acceptors (Lipinski definition) is 15. The average molecular weight is 1090 g/mol. The third-order valence-corrected chi connectivity index (χ3v) is 13.8. The molecule has 5 aromatic rings. The fourth-order valence-electron chi connectivity index (χ4n) is 8.85. The van der Waals surface area contributed by atoms with Gasteiger partial charge in [-0.05, 0) is 108 Å². The number of likely N-dealkylation sites (N-methyl/N-ethyl adjacent to an activating group) is 1. The molecule has 3 atom stereocenters. The second kappa shape index (κ2) is 26.7. The summed E-state index contributed by atoms with van der Waals surface area (Å²) < 4.78 is 64.1. The van der Waals surface area contributed by atoms with E-state index >= 15 is 0 Å². The largest absolute Gasteiger partial charge is 0.573 e. The number of anilines is 2. The van der Waals surface area contributed by atoms with E-state index in [4.69, 9.17) is 23.9 Å². The van der Waals surface area contributed by atoms with Gasteiger partial charge in [-0.1, -0.05) is 43.5 Å². The number of carbonyl (C=O) groups is 5. The van der Waals surface area contributed by atoms with E-state index in [1.54, 1.807) is 92.6 Å². The Morgan fingerprint density at radius 1 is 0.818 bits per heavy atom. The van der Waals surface area contributed by atoms with Crippen LogP contribution in [0.3, 0.4) is 0 Å². The van der Waals surface area contributed by atoms with Crippen molar-refractivity contribution in [3.05, 3.63) is 112 Å². The Bertz CT molecular complexity index is 2800. The Labute approximate surface area is 449 Å². The van der Waals surface area contributed by atoms with Gasteiger partial charge in [-0.2, -0.15) is 0 Å². The molecule has 0 unspecified atom stereocenters. The number of likely N-dealkylation sites (tertiary alicyclic amines) is 1. The van der Waals surface area contributed by atoms with Crippen LogP contribution in [0.15, 0.2) is 90.6 Å². The monoisotopic (exact) mass is 1090 g/mol. The number of alkyl halides is 3. The maximum absolute atomic E-state index is 14.5. The Kier molecular flexibility index (Phi) is 20.0. The van der Waals surface area contributed by atoms with Gasteiger partial charge in [-0.15, -0.1) is 24.5 Å². The molecule has 18 nitrogen and oxygen atoms in total. The predicted octanol–water partition coefficient (Wildman–Crippen LogP) is 9.30. The minimum Gasteiger partial charge on any atom is -0.491 e. The molecule has 1 aliphatic heterocycles. The standard InChI is InChI=1S/C55H65F3N8O10S/c1-35(65(5)53(71)76-54(2,3)4)49(68)64-47(36-12-7-6-8-13-36)52(70)66-24-11-18-45(66)51-63-44(33-77-51)48(67)38-15-10-17-42(31-38)74-29-28-73-27-26-72-25-23-59-50(69)39-16-9-14-37(30-39)43-32-46(61-34-60-43)62-40-19-21-41(22-20-40)75-55(56,57)58/h9-10,14-17,19-22,30-36,45,47H,6-8,11-13,18,23-29H2,1-5H3,(H,59,69)(H,64,68)(H,60,61,62)/t35-,45-,47-/m0/s1. The smallest absolute Gasteiger partial charge is 0.491 e. The molecule has 412 valence electrons. The maximum atomic E-state index is 14.5. The number of halogens is 3. The fourth-order valence-corrected chi connectivity index (χ4v) is 9.79. The summed E-state index contributed by atoms with van der Waals surface area (Å²) in [4.78, 5) is 83.9. The van der Waals surface area contributed by atoms with Crippen LogP contribution in [0.1, 0.15) is 110 Å². The molecule has 4 amide bonds. The summed E-state index contributed by atoms with van der Waals surface area (Å²) in [6.07, 6.45) is 1.92. The molecule has 1 saturated heterocycles. The number of ketones is 1. The number of nitrogens with zero attached hydrogens (tertiary/aromatic N) is 5.